The van der Waals surface area contributed by atoms with Crippen LogP contribution in [0.4, 0.5) is 0 Å². The SMILES string of the molecule is C/C(=C/B1OC(C)(C)C(C)(C)O1)c1cccc(Br)c1. The van der Waals surface area contributed by atoms with Gasteiger partial charge in [-0.05, 0) is 52.3 Å². The number of halogens is 1. The third-order valence-electron chi connectivity index (χ3n) is 3.94. The maximum Gasteiger partial charge on any atom is 0.487 e. The van der Waals surface area contributed by atoms with Crippen LogP contribution in [0.2, 0.25) is 0 Å². The predicted octanol–water partition coefficient (Wildman–Crippen LogP) is 4.48. The van der Waals surface area contributed by atoms with Gasteiger partial charge in [-0.15, -0.1) is 0 Å². The van der Waals surface area contributed by atoms with Gasteiger partial charge in [0.2, 0.25) is 0 Å². The Hall–Kier alpha value is -0.575. The summed E-state index contributed by atoms with van der Waals surface area (Å²) in [5.41, 5.74) is 1.75. The zero-order chi connectivity index (χ0) is 14.3. The summed E-state index contributed by atoms with van der Waals surface area (Å²) in [6, 6.07) is 8.23. The van der Waals surface area contributed by atoms with E-state index in [-0.39, 0.29) is 18.3 Å². The Morgan fingerprint density at radius 3 is 2.26 bits per heavy atom. The van der Waals surface area contributed by atoms with Crippen molar-refractivity contribution in [1.29, 1.82) is 0 Å². The molecule has 1 aliphatic rings. The molecule has 0 unspecified atom stereocenters. The van der Waals surface area contributed by atoms with Crippen LogP contribution in [0.1, 0.15) is 40.2 Å². The lowest BCUT2D eigenvalue weighted by Gasteiger charge is -2.32. The molecule has 0 amide bonds. The molecule has 1 aliphatic heterocycles. The summed E-state index contributed by atoms with van der Waals surface area (Å²) in [7, 11) is -0.288. The first-order chi connectivity index (χ1) is 8.71. The molecule has 2 rings (SSSR count). The predicted molar refractivity (Wildman–Crippen MR) is 83.9 cm³/mol. The van der Waals surface area contributed by atoms with Crippen LogP contribution < -0.4 is 0 Å². The molecule has 0 spiro atoms. The molecule has 1 aromatic carbocycles. The van der Waals surface area contributed by atoms with Crippen molar-refractivity contribution in [3.05, 3.63) is 40.3 Å². The highest BCUT2D eigenvalue weighted by Gasteiger charge is 2.50. The van der Waals surface area contributed by atoms with Crippen molar-refractivity contribution in [3.8, 4) is 0 Å². The maximum atomic E-state index is 5.98. The monoisotopic (exact) mass is 322 g/mol. The first-order valence-electron chi connectivity index (χ1n) is 6.51. The minimum Gasteiger partial charge on any atom is -0.400 e. The molecular weight excluding hydrogens is 303 g/mol. The van der Waals surface area contributed by atoms with Crippen LogP contribution in [0.25, 0.3) is 5.57 Å². The molecule has 0 aliphatic carbocycles. The largest absolute Gasteiger partial charge is 0.487 e. The van der Waals surface area contributed by atoms with Crippen molar-refractivity contribution in [3.63, 3.8) is 0 Å². The quantitative estimate of drug-likeness (QED) is 0.747. The summed E-state index contributed by atoms with van der Waals surface area (Å²) in [6.45, 7) is 10.3. The first kappa shape index (κ1) is 14.8. The number of rotatable bonds is 2. The summed E-state index contributed by atoms with van der Waals surface area (Å²) in [6.07, 6.45) is 0. The molecule has 0 bridgehead atoms. The van der Waals surface area contributed by atoms with Crippen molar-refractivity contribution in [2.45, 2.75) is 45.8 Å². The van der Waals surface area contributed by atoms with Crippen molar-refractivity contribution in [1.82, 2.24) is 0 Å². The molecule has 1 saturated heterocycles. The van der Waals surface area contributed by atoms with E-state index in [0.29, 0.717) is 0 Å². The molecule has 4 heteroatoms. The molecule has 2 nitrogen and oxygen atoms in total. The third-order valence-corrected chi connectivity index (χ3v) is 4.43. The highest BCUT2D eigenvalue weighted by Crippen LogP contribution is 2.37. The van der Waals surface area contributed by atoms with Crippen molar-refractivity contribution in [2.75, 3.05) is 0 Å². The molecular formula is C15H20BBrO2. The van der Waals surface area contributed by atoms with E-state index in [0.717, 1.165) is 10.0 Å². The summed E-state index contributed by atoms with van der Waals surface area (Å²) in [4.78, 5) is 0. The lowest BCUT2D eigenvalue weighted by molar-refractivity contribution is 0.00578. The van der Waals surface area contributed by atoms with Crippen LogP contribution in [-0.4, -0.2) is 18.3 Å². The molecule has 102 valence electrons. The highest BCUT2D eigenvalue weighted by molar-refractivity contribution is 9.10. The smallest absolute Gasteiger partial charge is 0.400 e. The van der Waals surface area contributed by atoms with Gasteiger partial charge in [-0.25, -0.2) is 0 Å². The summed E-state index contributed by atoms with van der Waals surface area (Å²) in [5, 5.41) is 0. The lowest BCUT2D eigenvalue weighted by atomic mass is 9.85. The van der Waals surface area contributed by atoms with Gasteiger partial charge in [0.15, 0.2) is 0 Å². The Kier molecular flexibility index (Phi) is 3.96. The second-order valence-corrected chi connectivity index (χ2v) is 6.90. The topological polar surface area (TPSA) is 18.5 Å². The Morgan fingerprint density at radius 1 is 1.16 bits per heavy atom. The van der Waals surface area contributed by atoms with E-state index in [1.165, 1.54) is 5.56 Å². The second-order valence-electron chi connectivity index (χ2n) is 5.98. The molecule has 0 radical (unpaired) electrons. The van der Waals surface area contributed by atoms with Gasteiger partial charge < -0.3 is 9.31 Å². The Balaban J connectivity index is 2.20. The summed E-state index contributed by atoms with van der Waals surface area (Å²) in [5.74, 6) is 2.04. The van der Waals surface area contributed by atoms with Gasteiger partial charge in [0, 0.05) is 4.47 Å². The van der Waals surface area contributed by atoms with Crippen LogP contribution in [0.5, 0.6) is 0 Å². The normalized spacial score (nSPS) is 21.8. The number of benzene rings is 1. The van der Waals surface area contributed by atoms with E-state index in [9.17, 15) is 0 Å². The van der Waals surface area contributed by atoms with Crippen LogP contribution in [0.15, 0.2) is 34.7 Å². The Labute approximate surface area is 124 Å². The molecule has 0 saturated carbocycles. The first-order valence-corrected chi connectivity index (χ1v) is 7.31. The van der Waals surface area contributed by atoms with E-state index in [1.807, 2.05) is 18.1 Å². The zero-order valence-corrected chi connectivity index (χ0v) is 13.7. The summed E-state index contributed by atoms with van der Waals surface area (Å²) >= 11 is 3.49. The van der Waals surface area contributed by atoms with Gasteiger partial charge in [-0.1, -0.05) is 39.6 Å². The van der Waals surface area contributed by atoms with E-state index in [2.05, 4.69) is 62.7 Å². The van der Waals surface area contributed by atoms with Crippen LogP contribution >= 0.6 is 15.9 Å². The Morgan fingerprint density at radius 2 is 1.74 bits per heavy atom. The molecule has 1 fully saturated rings. The average Bonchev–Trinajstić information content (AvgIpc) is 2.46. The van der Waals surface area contributed by atoms with Gasteiger partial charge in [0.25, 0.3) is 0 Å². The van der Waals surface area contributed by atoms with Crippen molar-refractivity contribution < 1.29 is 9.31 Å². The van der Waals surface area contributed by atoms with E-state index in [4.69, 9.17) is 9.31 Å². The molecule has 0 aromatic heterocycles. The zero-order valence-electron chi connectivity index (χ0n) is 12.2. The van der Waals surface area contributed by atoms with Crippen LogP contribution in [0.3, 0.4) is 0 Å². The highest BCUT2D eigenvalue weighted by atomic mass is 79.9. The van der Waals surface area contributed by atoms with E-state index in [1.54, 1.807) is 0 Å². The van der Waals surface area contributed by atoms with Gasteiger partial charge in [-0.3, -0.25) is 0 Å². The fourth-order valence-electron chi connectivity index (χ4n) is 1.99. The van der Waals surface area contributed by atoms with E-state index >= 15 is 0 Å². The minimum atomic E-state index is -0.288. The van der Waals surface area contributed by atoms with Crippen molar-refractivity contribution in [2.24, 2.45) is 0 Å². The lowest BCUT2D eigenvalue weighted by Crippen LogP contribution is -2.41. The average molecular weight is 323 g/mol. The van der Waals surface area contributed by atoms with Gasteiger partial charge in [0.1, 0.15) is 0 Å². The minimum absolute atomic E-state index is 0.286. The molecule has 0 N–H and O–H groups in total. The number of hydrogen-bond acceptors (Lipinski definition) is 2. The van der Waals surface area contributed by atoms with Crippen molar-refractivity contribution >= 4 is 28.6 Å². The van der Waals surface area contributed by atoms with Gasteiger partial charge >= 0.3 is 7.12 Å². The Bertz CT molecular complexity index is 493. The van der Waals surface area contributed by atoms with Gasteiger partial charge in [0.05, 0.1) is 11.2 Å². The molecule has 1 heterocycles. The van der Waals surface area contributed by atoms with Gasteiger partial charge in [-0.2, -0.15) is 0 Å². The maximum absolute atomic E-state index is 5.98. The fourth-order valence-corrected chi connectivity index (χ4v) is 2.39. The molecule has 1 aromatic rings. The summed E-state index contributed by atoms with van der Waals surface area (Å²) < 4.78 is 13.0. The molecule has 0 atom stereocenters. The third kappa shape index (κ3) is 3.12. The standard InChI is InChI=1S/C15H20BBrO2/c1-11(12-7-6-8-13(17)9-12)10-16-18-14(2,3)15(4,5)19-16/h6-10H,1-5H3/b11-10-. The van der Waals surface area contributed by atoms with E-state index < -0.39 is 0 Å². The number of hydrogen-bond donors (Lipinski definition) is 0. The van der Waals surface area contributed by atoms with Crippen LogP contribution in [0, 0.1) is 0 Å². The fraction of sp³-hybridized carbons (Fsp3) is 0.467. The van der Waals surface area contributed by atoms with Crippen LogP contribution in [-0.2, 0) is 9.31 Å². The molecule has 19 heavy (non-hydrogen) atoms. The second kappa shape index (κ2) is 5.08. The number of allylic oxidation sites excluding steroid dienone is 1.